The zero-order valence-electron chi connectivity index (χ0n) is 12.6. The minimum absolute atomic E-state index is 0.164. The smallest absolute Gasteiger partial charge is 0.221 e. The Morgan fingerprint density at radius 2 is 1.91 bits per heavy atom. The SMILES string of the molecule is CC(=O)Nc1ccc(C(NS(C)(=O)=O)c2nccn2C)cc1. The summed E-state index contributed by atoms with van der Waals surface area (Å²) in [6.45, 7) is 1.43. The molecule has 1 heterocycles. The first kappa shape index (κ1) is 16.2. The van der Waals surface area contributed by atoms with Gasteiger partial charge in [0.05, 0.1) is 6.26 Å². The summed E-state index contributed by atoms with van der Waals surface area (Å²) in [5.74, 6) is 0.417. The van der Waals surface area contributed by atoms with Gasteiger partial charge < -0.3 is 9.88 Å². The van der Waals surface area contributed by atoms with Gasteiger partial charge in [-0.3, -0.25) is 4.79 Å². The summed E-state index contributed by atoms with van der Waals surface area (Å²) in [5.41, 5.74) is 1.38. The maximum Gasteiger partial charge on any atom is 0.221 e. The number of hydrogen-bond donors (Lipinski definition) is 2. The van der Waals surface area contributed by atoms with Gasteiger partial charge in [-0.15, -0.1) is 0 Å². The number of carbonyl (C=O) groups is 1. The number of nitrogens with one attached hydrogen (secondary N) is 2. The summed E-state index contributed by atoms with van der Waals surface area (Å²) >= 11 is 0. The standard InChI is InChI=1S/C14H18N4O3S/c1-10(19)16-12-6-4-11(5-7-12)13(17-22(3,20)21)14-15-8-9-18(14)2/h4-9,13,17H,1-3H3,(H,16,19). The molecule has 2 N–H and O–H groups in total. The van der Waals surface area contributed by atoms with Crippen LogP contribution in [0.15, 0.2) is 36.7 Å². The summed E-state index contributed by atoms with van der Waals surface area (Å²) in [5, 5.41) is 2.67. The Labute approximate surface area is 129 Å². The van der Waals surface area contributed by atoms with E-state index < -0.39 is 16.1 Å². The Kier molecular flexibility index (Phi) is 4.62. The number of amides is 1. The molecule has 0 aliphatic carbocycles. The van der Waals surface area contributed by atoms with Crippen LogP contribution in [0.3, 0.4) is 0 Å². The average molecular weight is 322 g/mol. The summed E-state index contributed by atoms with van der Waals surface area (Å²) in [7, 11) is -1.62. The van der Waals surface area contributed by atoms with Gasteiger partial charge in [0.15, 0.2) is 0 Å². The lowest BCUT2D eigenvalue weighted by atomic mass is 10.1. The van der Waals surface area contributed by atoms with E-state index in [1.165, 1.54) is 6.92 Å². The first-order valence-electron chi connectivity index (χ1n) is 6.58. The largest absolute Gasteiger partial charge is 0.336 e. The molecule has 1 aromatic heterocycles. The number of aromatic nitrogens is 2. The molecule has 0 saturated carbocycles. The van der Waals surface area contributed by atoms with Crippen molar-refractivity contribution < 1.29 is 13.2 Å². The van der Waals surface area contributed by atoms with Gasteiger partial charge in [-0.05, 0) is 17.7 Å². The quantitative estimate of drug-likeness (QED) is 0.859. The van der Waals surface area contributed by atoms with Crippen LogP contribution in [0.5, 0.6) is 0 Å². The van der Waals surface area contributed by atoms with Crippen molar-refractivity contribution in [2.45, 2.75) is 13.0 Å². The molecular weight excluding hydrogens is 304 g/mol. The summed E-state index contributed by atoms with van der Waals surface area (Å²) in [6, 6.07) is 6.35. The van der Waals surface area contributed by atoms with Gasteiger partial charge in [-0.25, -0.2) is 18.1 Å². The second-order valence-electron chi connectivity index (χ2n) is 5.02. The van der Waals surface area contributed by atoms with E-state index in [0.29, 0.717) is 11.5 Å². The lowest BCUT2D eigenvalue weighted by molar-refractivity contribution is -0.114. The summed E-state index contributed by atoms with van der Waals surface area (Å²) in [6.07, 6.45) is 4.46. The fourth-order valence-corrected chi connectivity index (χ4v) is 2.77. The van der Waals surface area contributed by atoms with Crippen LogP contribution in [-0.4, -0.2) is 30.1 Å². The number of aryl methyl sites for hydroxylation is 1. The highest BCUT2D eigenvalue weighted by atomic mass is 32.2. The molecule has 118 valence electrons. The van der Waals surface area contributed by atoms with Gasteiger partial charge in [0, 0.05) is 32.1 Å². The molecule has 0 saturated heterocycles. The number of rotatable bonds is 5. The van der Waals surface area contributed by atoms with Crippen molar-refractivity contribution >= 4 is 21.6 Å². The third-order valence-corrected chi connectivity index (χ3v) is 3.68. The molecule has 0 spiro atoms. The van der Waals surface area contributed by atoms with Crippen LogP contribution >= 0.6 is 0 Å². The third-order valence-electron chi connectivity index (χ3n) is 3.01. The zero-order chi connectivity index (χ0) is 16.3. The van der Waals surface area contributed by atoms with E-state index >= 15 is 0 Å². The highest BCUT2D eigenvalue weighted by Gasteiger charge is 2.21. The lowest BCUT2D eigenvalue weighted by Crippen LogP contribution is -2.30. The number of anilines is 1. The van der Waals surface area contributed by atoms with Crippen molar-refractivity contribution in [3.05, 3.63) is 48.0 Å². The molecule has 1 atom stereocenters. The maximum absolute atomic E-state index is 11.6. The Bertz CT molecular complexity index is 766. The highest BCUT2D eigenvalue weighted by Crippen LogP contribution is 2.22. The van der Waals surface area contributed by atoms with Gasteiger partial charge in [0.1, 0.15) is 11.9 Å². The van der Waals surface area contributed by atoms with Crippen LogP contribution in [0.25, 0.3) is 0 Å². The number of nitrogens with zero attached hydrogens (tertiary/aromatic N) is 2. The van der Waals surface area contributed by atoms with Gasteiger partial charge in [0.2, 0.25) is 15.9 Å². The molecule has 0 aliphatic rings. The van der Waals surface area contributed by atoms with E-state index in [2.05, 4.69) is 15.0 Å². The molecule has 0 aliphatic heterocycles. The van der Waals surface area contributed by atoms with E-state index in [-0.39, 0.29) is 5.91 Å². The second-order valence-corrected chi connectivity index (χ2v) is 6.80. The predicted molar refractivity (Wildman–Crippen MR) is 83.8 cm³/mol. The first-order valence-corrected chi connectivity index (χ1v) is 8.47. The topological polar surface area (TPSA) is 93.1 Å². The lowest BCUT2D eigenvalue weighted by Gasteiger charge is -2.18. The van der Waals surface area contributed by atoms with Crippen molar-refractivity contribution in [1.29, 1.82) is 0 Å². The van der Waals surface area contributed by atoms with Crippen LogP contribution in [-0.2, 0) is 21.9 Å². The van der Waals surface area contributed by atoms with Crippen LogP contribution in [0, 0.1) is 0 Å². The van der Waals surface area contributed by atoms with Gasteiger partial charge in [-0.2, -0.15) is 0 Å². The minimum Gasteiger partial charge on any atom is -0.336 e. The molecule has 2 aromatic rings. The molecule has 1 amide bonds. The molecular formula is C14H18N4O3S. The summed E-state index contributed by atoms with van der Waals surface area (Å²) < 4.78 is 27.6. The number of hydrogen-bond acceptors (Lipinski definition) is 4. The number of carbonyl (C=O) groups excluding carboxylic acids is 1. The summed E-state index contributed by atoms with van der Waals surface area (Å²) in [4.78, 5) is 15.2. The average Bonchev–Trinajstić information content (AvgIpc) is 2.81. The van der Waals surface area contributed by atoms with Gasteiger partial charge in [0.25, 0.3) is 0 Å². The van der Waals surface area contributed by atoms with Gasteiger partial charge in [-0.1, -0.05) is 12.1 Å². The molecule has 2 rings (SSSR count). The van der Waals surface area contributed by atoms with Crippen LogP contribution in [0.4, 0.5) is 5.69 Å². The van der Waals surface area contributed by atoms with E-state index in [0.717, 1.165) is 11.8 Å². The van der Waals surface area contributed by atoms with Crippen molar-refractivity contribution in [2.75, 3.05) is 11.6 Å². The second kappa shape index (κ2) is 6.29. The minimum atomic E-state index is -3.42. The highest BCUT2D eigenvalue weighted by molar-refractivity contribution is 7.88. The molecule has 0 bridgehead atoms. The van der Waals surface area contributed by atoms with Crippen molar-refractivity contribution in [3.8, 4) is 0 Å². The predicted octanol–water partition coefficient (Wildman–Crippen LogP) is 1.02. The molecule has 1 aromatic carbocycles. The number of sulfonamides is 1. The number of imidazole rings is 1. The zero-order valence-corrected chi connectivity index (χ0v) is 13.4. The van der Waals surface area contributed by atoms with Crippen LogP contribution in [0.1, 0.15) is 24.4 Å². The molecule has 0 radical (unpaired) electrons. The molecule has 22 heavy (non-hydrogen) atoms. The Hall–Kier alpha value is -2.19. The van der Waals surface area contributed by atoms with E-state index in [1.54, 1.807) is 48.3 Å². The van der Waals surface area contributed by atoms with E-state index in [1.807, 2.05) is 0 Å². The number of benzene rings is 1. The van der Waals surface area contributed by atoms with Crippen molar-refractivity contribution in [1.82, 2.24) is 14.3 Å². The Balaban J connectivity index is 2.37. The van der Waals surface area contributed by atoms with Crippen LogP contribution < -0.4 is 10.0 Å². The molecule has 8 heteroatoms. The Morgan fingerprint density at radius 3 is 2.36 bits per heavy atom. The fraction of sp³-hybridized carbons (Fsp3) is 0.286. The van der Waals surface area contributed by atoms with E-state index in [9.17, 15) is 13.2 Å². The van der Waals surface area contributed by atoms with Crippen LogP contribution in [0.2, 0.25) is 0 Å². The first-order chi connectivity index (χ1) is 10.3. The normalized spacial score (nSPS) is 12.9. The van der Waals surface area contributed by atoms with E-state index in [4.69, 9.17) is 0 Å². The maximum atomic E-state index is 11.6. The van der Waals surface area contributed by atoms with Gasteiger partial charge >= 0.3 is 0 Å². The monoisotopic (exact) mass is 322 g/mol. The molecule has 7 nitrogen and oxygen atoms in total. The molecule has 0 fully saturated rings. The third kappa shape index (κ3) is 4.15. The molecule has 1 unspecified atom stereocenters. The van der Waals surface area contributed by atoms with Crippen molar-refractivity contribution in [2.24, 2.45) is 7.05 Å². The van der Waals surface area contributed by atoms with Crippen molar-refractivity contribution in [3.63, 3.8) is 0 Å². The fourth-order valence-electron chi connectivity index (χ4n) is 2.10. The Morgan fingerprint density at radius 1 is 1.27 bits per heavy atom.